The van der Waals surface area contributed by atoms with Crippen LogP contribution in [-0.4, -0.2) is 21.0 Å². The first-order chi connectivity index (χ1) is 7.50. The van der Waals surface area contributed by atoms with Crippen LogP contribution in [0.4, 0.5) is 0 Å². The highest BCUT2D eigenvalue weighted by molar-refractivity contribution is 5.79. The second-order valence-corrected chi connectivity index (χ2v) is 5.17. The highest BCUT2D eigenvalue weighted by Gasteiger charge is 2.33. The number of imidazole rings is 1. The van der Waals surface area contributed by atoms with Gasteiger partial charge in [0.2, 0.25) is 5.91 Å². The average Bonchev–Trinajstić information content (AvgIpc) is 2.74. The van der Waals surface area contributed by atoms with E-state index in [1.54, 1.807) is 0 Å². The maximum atomic E-state index is 11.3. The molecule has 0 aromatic carbocycles. The zero-order valence-corrected chi connectivity index (χ0v) is 10.2. The molecule has 1 fully saturated rings. The topological polar surface area (TPSA) is 46.9 Å². The molecule has 2 rings (SSSR count). The van der Waals surface area contributed by atoms with Crippen molar-refractivity contribution in [1.82, 2.24) is 14.9 Å². The summed E-state index contributed by atoms with van der Waals surface area (Å²) in [6, 6.07) is 0.415. The molecule has 1 aliphatic heterocycles. The molecule has 0 spiro atoms. The largest absolute Gasteiger partial charge is 0.351 e. The Hall–Kier alpha value is -1.32. The Morgan fingerprint density at radius 3 is 2.94 bits per heavy atom. The first kappa shape index (κ1) is 11.2. The minimum Gasteiger partial charge on any atom is -0.351 e. The van der Waals surface area contributed by atoms with Gasteiger partial charge in [-0.15, -0.1) is 0 Å². The van der Waals surface area contributed by atoms with Gasteiger partial charge in [-0.05, 0) is 27.2 Å². The van der Waals surface area contributed by atoms with E-state index in [1.807, 2.05) is 12.5 Å². The maximum Gasteiger partial charge on any atom is 0.220 e. The van der Waals surface area contributed by atoms with Crippen LogP contribution in [-0.2, 0) is 11.2 Å². The van der Waals surface area contributed by atoms with Gasteiger partial charge in [-0.3, -0.25) is 4.79 Å². The zero-order chi connectivity index (χ0) is 11.8. The summed E-state index contributed by atoms with van der Waals surface area (Å²) in [5, 5.41) is 3.05. The quantitative estimate of drug-likeness (QED) is 0.844. The number of rotatable bonds is 3. The number of aromatic nitrogens is 2. The van der Waals surface area contributed by atoms with Crippen molar-refractivity contribution in [3.05, 3.63) is 18.2 Å². The fourth-order valence-electron chi connectivity index (χ4n) is 2.32. The number of carbonyl (C=O) groups excluding carboxylic acids is 1. The Bertz CT molecular complexity index is 397. The lowest BCUT2D eigenvalue weighted by Gasteiger charge is -2.25. The number of nitrogens with zero attached hydrogens (tertiary/aromatic N) is 2. The Morgan fingerprint density at radius 1 is 1.62 bits per heavy atom. The summed E-state index contributed by atoms with van der Waals surface area (Å²) >= 11 is 0. The van der Waals surface area contributed by atoms with Gasteiger partial charge in [0.1, 0.15) is 0 Å². The lowest BCUT2D eigenvalue weighted by molar-refractivity contribution is -0.119. The summed E-state index contributed by atoms with van der Waals surface area (Å²) in [5.74, 6) is 0.165. The molecule has 1 atom stereocenters. The molecule has 4 heteroatoms. The number of amides is 1. The predicted octanol–water partition coefficient (Wildman–Crippen LogP) is 1.68. The summed E-state index contributed by atoms with van der Waals surface area (Å²) < 4.78 is 2.16. The smallest absolute Gasteiger partial charge is 0.220 e. The van der Waals surface area contributed by atoms with E-state index in [-0.39, 0.29) is 11.4 Å². The van der Waals surface area contributed by atoms with E-state index >= 15 is 0 Å². The fourth-order valence-corrected chi connectivity index (χ4v) is 2.32. The third-order valence-corrected chi connectivity index (χ3v) is 3.22. The molecule has 4 nitrogen and oxygen atoms in total. The molecule has 1 aliphatic rings. The second kappa shape index (κ2) is 3.92. The normalized spacial score (nSPS) is 25.1. The van der Waals surface area contributed by atoms with Gasteiger partial charge in [-0.2, -0.15) is 0 Å². The Morgan fingerprint density at radius 2 is 2.38 bits per heavy atom. The van der Waals surface area contributed by atoms with Gasteiger partial charge in [-0.1, -0.05) is 0 Å². The summed E-state index contributed by atoms with van der Waals surface area (Å²) in [6.07, 6.45) is 6.17. The van der Waals surface area contributed by atoms with Crippen LogP contribution < -0.4 is 5.32 Å². The molecule has 1 unspecified atom stereocenters. The number of hydrogen-bond donors (Lipinski definition) is 1. The van der Waals surface area contributed by atoms with Crippen LogP contribution in [0, 0.1) is 0 Å². The molecule has 0 aliphatic carbocycles. The van der Waals surface area contributed by atoms with Gasteiger partial charge >= 0.3 is 0 Å². The average molecular weight is 221 g/mol. The molecule has 1 amide bonds. The van der Waals surface area contributed by atoms with E-state index in [2.05, 4.69) is 35.6 Å². The van der Waals surface area contributed by atoms with Crippen molar-refractivity contribution >= 4 is 5.91 Å². The third-order valence-electron chi connectivity index (χ3n) is 3.22. The Kier molecular flexibility index (Phi) is 2.74. The van der Waals surface area contributed by atoms with Gasteiger partial charge in [0.15, 0.2) is 0 Å². The lowest BCUT2D eigenvalue weighted by atomic mass is 9.94. The number of hydrogen-bond acceptors (Lipinski definition) is 2. The molecule has 1 saturated heterocycles. The molecule has 0 radical (unpaired) electrons. The van der Waals surface area contributed by atoms with Crippen LogP contribution in [0.25, 0.3) is 0 Å². The summed E-state index contributed by atoms with van der Waals surface area (Å²) in [6.45, 7) is 6.39. The number of nitrogens with one attached hydrogen (secondary N) is 1. The van der Waals surface area contributed by atoms with Crippen LogP contribution in [0.1, 0.15) is 45.3 Å². The van der Waals surface area contributed by atoms with Gasteiger partial charge in [0, 0.05) is 36.3 Å². The van der Waals surface area contributed by atoms with Crippen molar-refractivity contribution in [1.29, 1.82) is 0 Å². The minimum atomic E-state index is -0.0935. The van der Waals surface area contributed by atoms with E-state index in [0.717, 1.165) is 12.8 Å². The zero-order valence-electron chi connectivity index (χ0n) is 10.2. The highest BCUT2D eigenvalue weighted by Crippen LogP contribution is 2.25. The molecule has 0 bridgehead atoms. The van der Waals surface area contributed by atoms with Crippen molar-refractivity contribution in [3.63, 3.8) is 0 Å². The molecule has 2 heterocycles. The lowest BCUT2D eigenvalue weighted by Crippen LogP contribution is -2.40. The molecular formula is C12H19N3O. The van der Waals surface area contributed by atoms with Gasteiger partial charge in [-0.25, -0.2) is 4.98 Å². The predicted molar refractivity (Wildman–Crippen MR) is 62.1 cm³/mol. The van der Waals surface area contributed by atoms with E-state index < -0.39 is 0 Å². The van der Waals surface area contributed by atoms with Crippen LogP contribution in [0.5, 0.6) is 0 Å². The SMILES string of the molecule is CC(C)n1cncc1CC1(C)CCC(=O)N1. The summed E-state index contributed by atoms with van der Waals surface area (Å²) in [5.41, 5.74) is 1.10. The van der Waals surface area contributed by atoms with Crippen molar-refractivity contribution in [2.24, 2.45) is 0 Å². The van der Waals surface area contributed by atoms with Gasteiger partial charge in [0.25, 0.3) is 0 Å². The third kappa shape index (κ3) is 2.10. The second-order valence-electron chi connectivity index (χ2n) is 5.17. The monoisotopic (exact) mass is 221 g/mol. The van der Waals surface area contributed by atoms with Crippen LogP contribution in [0.2, 0.25) is 0 Å². The van der Waals surface area contributed by atoms with Crippen LogP contribution in [0.3, 0.4) is 0 Å². The minimum absolute atomic E-state index is 0.0935. The van der Waals surface area contributed by atoms with E-state index in [0.29, 0.717) is 12.5 Å². The summed E-state index contributed by atoms with van der Waals surface area (Å²) in [7, 11) is 0. The molecule has 0 saturated carbocycles. The molecular weight excluding hydrogens is 202 g/mol. The maximum absolute atomic E-state index is 11.3. The number of carbonyl (C=O) groups is 1. The van der Waals surface area contributed by atoms with E-state index in [9.17, 15) is 4.79 Å². The Balaban J connectivity index is 2.14. The fraction of sp³-hybridized carbons (Fsp3) is 0.667. The molecule has 16 heavy (non-hydrogen) atoms. The van der Waals surface area contributed by atoms with Gasteiger partial charge in [0.05, 0.1) is 6.33 Å². The molecule has 1 N–H and O–H groups in total. The summed E-state index contributed by atoms with van der Waals surface area (Å²) in [4.78, 5) is 15.5. The standard InChI is InChI=1S/C12H19N3O/c1-9(2)15-8-13-7-10(15)6-12(3)5-4-11(16)14-12/h7-9H,4-6H2,1-3H3,(H,14,16). The molecule has 1 aromatic heterocycles. The van der Waals surface area contributed by atoms with Crippen LogP contribution >= 0.6 is 0 Å². The highest BCUT2D eigenvalue weighted by atomic mass is 16.2. The van der Waals surface area contributed by atoms with Crippen molar-refractivity contribution in [2.45, 2.75) is 51.6 Å². The Labute approximate surface area is 96.1 Å². The van der Waals surface area contributed by atoms with Crippen molar-refractivity contribution < 1.29 is 4.79 Å². The first-order valence-corrected chi connectivity index (χ1v) is 5.82. The van der Waals surface area contributed by atoms with E-state index in [4.69, 9.17) is 0 Å². The van der Waals surface area contributed by atoms with Crippen LogP contribution in [0.15, 0.2) is 12.5 Å². The van der Waals surface area contributed by atoms with Gasteiger partial charge < -0.3 is 9.88 Å². The van der Waals surface area contributed by atoms with Crippen molar-refractivity contribution in [2.75, 3.05) is 0 Å². The van der Waals surface area contributed by atoms with E-state index in [1.165, 1.54) is 5.69 Å². The first-order valence-electron chi connectivity index (χ1n) is 5.82. The van der Waals surface area contributed by atoms with Crippen molar-refractivity contribution in [3.8, 4) is 0 Å². The molecule has 1 aromatic rings. The molecule has 88 valence electrons.